The van der Waals surface area contributed by atoms with Crippen molar-refractivity contribution in [1.29, 1.82) is 0 Å². The fourth-order valence-corrected chi connectivity index (χ4v) is 4.08. The molecular formula is C17H24N2O3. The molecule has 0 spiro atoms. The molecule has 0 unspecified atom stereocenters. The van der Waals surface area contributed by atoms with Gasteiger partial charge in [0.05, 0.1) is 18.6 Å². The first kappa shape index (κ1) is 14.3. The maximum atomic E-state index is 12.5. The van der Waals surface area contributed by atoms with Gasteiger partial charge in [-0.25, -0.2) is 0 Å². The second kappa shape index (κ2) is 6.05. The summed E-state index contributed by atoms with van der Waals surface area (Å²) < 4.78 is 11.3. The number of furan rings is 1. The van der Waals surface area contributed by atoms with Crippen LogP contribution in [-0.4, -0.2) is 54.1 Å². The van der Waals surface area contributed by atoms with E-state index in [0.717, 1.165) is 58.4 Å². The van der Waals surface area contributed by atoms with E-state index in [2.05, 4.69) is 4.90 Å². The van der Waals surface area contributed by atoms with Gasteiger partial charge in [0.2, 0.25) is 0 Å². The van der Waals surface area contributed by atoms with E-state index in [9.17, 15) is 4.79 Å². The van der Waals surface area contributed by atoms with Gasteiger partial charge in [-0.1, -0.05) is 0 Å². The summed E-state index contributed by atoms with van der Waals surface area (Å²) in [7, 11) is 0. The molecule has 4 rings (SSSR count). The van der Waals surface area contributed by atoms with Gasteiger partial charge in [-0.3, -0.25) is 9.69 Å². The molecule has 3 saturated heterocycles. The van der Waals surface area contributed by atoms with Crippen LogP contribution in [0, 0.1) is 5.92 Å². The number of likely N-dealkylation sites (tertiary alicyclic amines) is 2. The Bertz CT molecular complexity index is 510. The lowest BCUT2D eigenvalue weighted by Gasteiger charge is -2.33. The van der Waals surface area contributed by atoms with Crippen LogP contribution in [0.15, 0.2) is 23.0 Å². The minimum absolute atomic E-state index is 0.193. The minimum atomic E-state index is -0.193. The first-order chi connectivity index (χ1) is 10.8. The zero-order chi connectivity index (χ0) is 14.9. The third kappa shape index (κ3) is 2.79. The zero-order valence-electron chi connectivity index (χ0n) is 12.9. The molecule has 5 heteroatoms. The molecule has 4 heterocycles. The van der Waals surface area contributed by atoms with Crippen LogP contribution in [-0.2, 0) is 16.1 Å². The van der Waals surface area contributed by atoms with Gasteiger partial charge < -0.3 is 14.1 Å². The molecule has 120 valence electrons. The summed E-state index contributed by atoms with van der Waals surface area (Å²) in [6.45, 7) is 4.76. The molecule has 3 aliphatic heterocycles. The molecule has 0 radical (unpaired) electrons. The normalized spacial score (nSPS) is 32.4. The Morgan fingerprint density at radius 1 is 1.27 bits per heavy atom. The van der Waals surface area contributed by atoms with Gasteiger partial charge in [0.15, 0.2) is 0 Å². The van der Waals surface area contributed by atoms with Gasteiger partial charge in [-0.05, 0) is 44.2 Å². The van der Waals surface area contributed by atoms with Crippen molar-refractivity contribution in [3.63, 3.8) is 0 Å². The molecule has 3 aliphatic rings. The highest BCUT2D eigenvalue weighted by atomic mass is 16.5. The number of hydrogen-bond acceptors (Lipinski definition) is 4. The van der Waals surface area contributed by atoms with Crippen molar-refractivity contribution in [2.45, 2.75) is 44.4 Å². The fourth-order valence-electron chi connectivity index (χ4n) is 4.08. The van der Waals surface area contributed by atoms with Gasteiger partial charge in [0, 0.05) is 31.7 Å². The summed E-state index contributed by atoms with van der Waals surface area (Å²) in [5, 5.41) is 0. The molecule has 3 fully saturated rings. The van der Waals surface area contributed by atoms with Crippen LogP contribution in [0.3, 0.4) is 0 Å². The van der Waals surface area contributed by atoms with Crippen molar-refractivity contribution in [1.82, 2.24) is 9.80 Å². The Hall–Kier alpha value is -1.33. The number of rotatable bonds is 3. The van der Waals surface area contributed by atoms with Crippen LogP contribution < -0.4 is 0 Å². The van der Waals surface area contributed by atoms with E-state index in [1.165, 1.54) is 5.56 Å². The summed E-state index contributed by atoms with van der Waals surface area (Å²) in [6.07, 6.45) is 7.89. The molecule has 1 amide bonds. The molecule has 3 atom stereocenters. The van der Waals surface area contributed by atoms with E-state index in [1.54, 1.807) is 12.5 Å². The lowest BCUT2D eigenvalue weighted by Crippen LogP contribution is -2.42. The summed E-state index contributed by atoms with van der Waals surface area (Å²) in [6, 6.07) is 2.02. The maximum Gasteiger partial charge on any atom is 0.251 e. The van der Waals surface area contributed by atoms with Crippen LogP contribution in [0.2, 0.25) is 0 Å². The number of fused-ring (bicyclic) bond motifs is 1. The van der Waals surface area contributed by atoms with Crippen molar-refractivity contribution < 1.29 is 13.9 Å². The number of ether oxygens (including phenoxy) is 1. The van der Waals surface area contributed by atoms with E-state index in [1.807, 2.05) is 11.0 Å². The summed E-state index contributed by atoms with van der Waals surface area (Å²) >= 11 is 0. The Kier molecular flexibility index (Phi) is 3.92. The highest BCUT2D eigenvalue weighted by Gasteiger charge is 2.43. The highest BCUT2D eigenvalue weighted by molar-refractivity contribution is 5.81. The topological polar surface area (TPSA) is 45.9 Å². The molecule has 0 N–H and O–H groups in total. The monoisotopic (exact) mass is 304 g/mol. The van der Waals surface area contributed by atoms with Gasteiger partial charge in [-0.2, -0.15) is 0 Å². The Morgan fingerprint density at radius 3 is 2.91 bits per heavy atom. The Labute approximate surface area is 131 Å². The molecule has 5 nitrogen and oxygen atoms in total. The second-order valence-corrected chi connectivity index (χ2v) is 6.85. The average Bonchev–Trinajstić information content (AvgIpc) is 3.27. The third-order valence-electron chi connectivity index (χ3n) is 5.32. The lowest BCUT2D eigenvalue weighted by molar-refractivity contribution is -0.142. The van der Waals surface area contributed by atoms with Crippen molar-refractivity contribution in [2.75, 3.05) is 26.2 Å². The average molecular weight is 304 g/mol. The molecular weight excluding hydrogens is 280 g/mol. The quantitative estimate of drug-likeness (QED) is 0.855. The molecule has 0 aliphatic carbocycles. The van der Waals surface area contributed by atoms with E-state index in [-0.39, 0.29) is 18.1 Å². The SMILES string of the molecule is O=C([C@@H]1C[C@H]2CCN(Cc3ccoc3)C[C@H]2O1)N1CCCC1. The third-order valence-corrected chi connectivity index (χ3v) is 5.32. The number of carbonyl (C=O) groups excluding carboxylic acids is 1. The summed E-state index contributed by atoms with van der Waals surface area (Å²) in [5.74, 6) is 0.783. The van der Waals surface area contributed by atoms with Crippen molar-refractivity contribution >= 4 is 5.91 Å². The smallest absolute Gasteiger partial charge is 0.251 e. The standard InChI is InChI=1S/C17H24N2O3/c20-17(19-5-1-2-6-19)15-9-14-3-7-18(11-16(14)22-15)10-13-4-8-21-12-13/h4,8,12,14-16H,1-3,5-7,9-11H2/t14-,15+,16-/m1/s1. The van der Waals surface area contributed by atoms with Crippen molar-refractivity contribution in [3.05, 3.63) is 24.2 Å². The summed E-state index contributed by atoms with van der Waals surface area (Å²) in [4.78, 5) is 16.9. The molecule has 22 heavy (non-hydrogen) atoms. The maximum absolute atomic E-state index is 12.5. The lowest BCUT2D eigenvalue weighted by atomic mass is 9.91. The van der Waals surface area contributed by atoms with E-state index in [4.69, 9.17) is 9.15 Å². The van der Waals surface area contributed by atoms with Crippen LogP contribution in [0.25, 0.3) is 0 Å². The molecule has 1 aromatic heterocycles. The number of piperidine rings is 1. The number of hydrogen-bond donors (Lipinski definition) is 0. The number of nitrogens with zero attached hydrogens (tertiary/aromatic N) is 2. The number of carbonyl (C=O) groups is 1. The van der Waals surface area contributed by atoms with Crippen LogP contribution in [0.1, 0.15) is 31.2 Å². The summed E-state index contributed by atoms with van der Waals surface area (Å²) in [5.41, 5.74) is 1.21. The van der Waals surface area contributed by atoms with Gasteiger partial charge in [0.25, 0.3) is 5.91 Å². The van der Waals surface area contributed by atoms with Crippen LogP contribution in [0.5, 0.6) is 0 Å². The molecule has 0 saturated carbocycles. The molecule has 0 bridgehead atoms. The zero-order valence-corrected chi connectivity index (χ0v) is 12.9. The van der Waals surface area contributed by atoms with Crippen LogP contribution >= 0.6 is 0 Å². The molecule has 0 aromatic carbocycles. The van der Waals surface area contributed by atoms with Crippen molar-refractivity contribution in [3.8, 4) is 0 Å². The van der Waals surface area contributed by atoms with E-state index < -0.39 is 0 Å². The minimum Gasteiger partial charge on any atom is -0.472 e. The van der Waals surface area contributed by atoms with E-state index >= 15 is 0 Å². The van der Waals surface area contributed by atoms with Gasteiger partial charge in [0.1, 0.15) is 6.10 Å². The first-order valence-electron chi connectivity index (χ1n) is 8.47. The van der Waals surface area contributed by atoms with Crippen LogP contribution in [0.4, 0.5) is 0 Å². The first-order valence-corrected chi connectivity index (χ1v) is 8.47. The second-order valence-electron chi connectivity index (χ2n) is 6.85. The van der Waals surface area contributed by atoms with Gasteiger partial charge in [-0.15, -0.1) is 0 Å². The van der Waals surface area contributed by atoms with Crippen molar-refractivity contribution in [2.24, 2.45) is 5.92 Å². The Balaban J connectivity index is 1.34. The van der Waals surface area contributed by atoms with E-state index in [0.29, 0.717) is 5.92 Å². The number of amides is 1. The predicted molar refractivity (Wildman–Crippen MR) is 81.2 cm³/mol. The fraction of sp³-hybridized carbons (Fsp3) is 0.706. The predicted octanol–water partition coefficient (Wildman–Crippen LogP) is 1.88. The largest absolute Gasteiger partial charge is 0.472 e. The van der Waals surface area contributed by atoms with Gasteiger partial charge >= 0.3 is 0 Å². The Morgan fingerprint density at radius 2 is 2.14 bits per heavy atom. The highest BCUT2D eigenvalue weighted by Crippen LogP contribution is 2.34. The molecule has 1 aromatic rings.